The number of ether oxygens (including phenoxy) is 3. The molecule has 3 aromatic heterocycles. The summed E-state index contributed by atoms with van der Waals surface area (Å²) in [5, 5.41) is 0. The number of hydrogen-bond acceptors (Lipinski definition) is 7. The van der Waals surface area contributed by atoms with Crippen molar-refractivity contribution >= 4 is 11.3 Å². The monoisotopic (exact) mass is 377 g/mol. The van der Waals surface area contributed by atoms with Crippen LogP contribution in [-0.2, 0) is 0 Å². The maximum atomic E-state index is 5.60. The molecule has 0 N–H and O–H groups in total. The molecular formula is C20H19N5O3. The van der Waals surface area contributed by atoms with Crippen LogP contribution in [0.2, 0.25) is 0 Å². The number of methoxy groups -OCH3 is 3. The van der Waals surface area contributed by atoms with Crippen molar-refractivity contribution in [2.45, 2.75) is 6.92 Å². The first-order chi connectivity index (χ1) is 13.7. The van der Waals surface area contributed by atoms with E-state index in [9.17, 15) is 0 Å². The standard InChI is InChI=1S/C20H19N5O3/c1-12-11-21-18-20(22-12)25(17-14(26-2)8-6-9-15(17)27-3)19(24-18)13-7-5-10-16(23-13)28-4/h5-11H,1-4H3. The van der Waals surface area contributed by atoms with Gasteiger partial charge in [-0.1, -0.05) is 12.1 Å². The molecule has 0 spiro atoms. The molecule has 0 saturated carbocycles. The van der Waals surface area contributed by atoms with Crippen molar-refractivity contribution < 1.29 is 14.2 Å². The smallest absolute Gasteiger partial charge is 0.213 e. The van der Waals surface area contributed by atoms with E-state index in [4.69, 9.17) is 14.2 Å². The third-order valence-corrected chi connectivity index (χ3v) is 4.28. The highest BCUT2D eigenvalue weighted by Crippen LogP contribution is 2.37. The summed E-state index contributed by atoms with van der Waals surface area (Å²) in [5.41, 5.74) is 3.15. The lowest BCUT2D eigenvalue weighted by atomic mass is 10.2. The lowest BCUT2D eigenvalue weighted by Gasteiger charge is -2.16. The molecule has 1 aromatic carbocycles. The summed E-state index contributed by atoms with van der Waals surface area (Å²) < 4.78 is 18.3. The minimum atomic E-state index is 0.486. The van der Waals surface area contributed by atoms with Gasteiger partial charge in [0, 0.05) is 6.07 Å². The highest BCUT2D eigenvalue weighted by molar-refractivity contribution is 5.79. The van der Waals surface area contributed by atoms with E-state index in [1.807, 2.05) is 41.8 Å². The van der Waals surface area contributed by atoms with Crippen molar-refractivity contribution in [1.82, 2.24) is 24.5 Å². The predicted molar refractivity (Wildman–Crippen MR) is 104 cm³/mol. The second kappa shape index (κ2) is 7.15. The number of nitrogens with zero attached hydrogens (tertiary/aromatic N) is 5. The van der Waals surface area contributed by atoms with E-state index in [0.717, 1.165) is 5.69 Å². The van der Waals surface area contributed by atoms with E-state index < -0.39 is 0 Å². The zero-order chi connectivity index (χ0) is 19.7. The first-order valence-electron chi connectivity index (χ1n) is 8.61. The molecule has 28 heavy (non-hydrogen) atoms. The summed E-state index contributed by atoms with van der Waals surface area (Å²) in [6, 6.07) is 11.1. The largest absolute Gasteiger partial charge is 0.494 e. The third-order valence-electron chi connectivity index (χ3n) is 4.28. The van der Waals surface area contributed by atoms with Crippen LogP contribution in [0.4, 0.5) is 0 Å². The molecular weight excluding hydrogens is 358 g/mol. The van der Waals surface area contributed by atoms with Crippen molar-refractivity contribution in [3.63, 3.8) is 0 Å². The lowest BCUT2D eigenvalue weighted by molar-refractivity contribution is 0.391. The molecule has 0 radical (unpaired) electrons. The van der Waals surface area contributed by atoms with Crippen LogP contribution in [0.5, 0.6) is 17.4 Å². The van der Waals surface area contributed by atoms with E-state index in [0.29, 0.717) is 45.9 Å². The van der Waals surface area contributed by atoms with Crippen LogP contribution in [0.15, 0.2) is 42.6 Å². The quantitative estimate of drug-likeness (QED) is 0.528. The Labute approximate surface area is 161 Å². The van der Waals surface area contributed by atoms with Gasteiger partial charge in [0.05, 0.1) is 33.2 Å². The zero-order valence-corrected chi connectivity index (χ0v) is 16.0. The first-order valence-corrected chi connectivity index (χ1v) is 8.61. The van der Waals surface area contributed by atoms with Crippen molar-refractivity contribution in [3.05, 3.63) is 48.3 Å². The maximum Gasteiger partial charge on any atom is 0.213 e. The first kappa shape index (κ1) is 17.7. The molecule has 0 aliphatic heterocycles. The van der Waals surface area contributed by atoms with Gasteiger partial charge >= 0.3 is 0 Å². The molecule has 0 amide bonds. The average molecular weight is 377 g/mol. The molecule has 0 saturated heterocycles. The number of benzene rings is 1. The number of rotatable bonds is 5. The summed E-state index contributed by atoms with van der Waals surface area (Å²) >= 11 is 0. The van der Waals surface area contributed by atoms with E-state index in [-0.39, 0.29) is 0 Å². The minimum Gasteiger partial charge on any atom is -0.494 e. The lowest BCUT2D eigenvalue weighted by Crippen LogP contribution is -2.05. The molecule has 3 heterocycles. The molecule has 0 bridgehead atoms. The van der Waals surface area contributed by atoms with Gasteiger partial charge in [-0.3, -0.25) is 4.57 Å². The van der Waals surface area contributed by atoms with Crippen LogP contribution in [-0.4, -0.2) is 45.8 Å². The highest BCUT2D eigenvalue weighted by Gasteiger charge is 2.23. The number of para-hydroxylation sites is 1. The average Bonchev–Trinajstić information content (AvgIpc) is 3.11. The highest BCUT2D eigenvalue weighted by atomic mass is 16.5. The summed E-state index contributed by atoms with van der Waals surface area (Å²) in [6.45, 7) is 1.88. The van der Waals surface area contributed by atoms with Gasteiger partial charge in [-0.15, -0.1) is 0 Å². The summed E-state index contributed by atoms with van der Waals surface area (Å²) in [6.07, 6.45) is 1.68. The molecule has 0 atom stereocenters. The van der Waals surface area contributed by atoms with Crippen LogP contribution in [0, 0.1) is 6.92 Å². The molecule has 4 rings (SSSR count). The molecule has 8 nitrogen and oxygen atoms in total. The molecule has 142 valence electrons. The fraction of sp³-hybridized carbons (Fsp3) is 0.200. The van der Waals surface area contributed by atoms with Crippen molar-refractivity contribution in [2.75, 3.05) is 21.3 Å². The molecule has 4 aromatic rings. The predicted octanol–water partition coefficient (Wildman–Crippen LogP) is 3.21. The Bertz CT molecular complexity index is 1130. The van der Waals surface area contributed by atoms with Gasteiger partial charge in [0.15, 0.2) is 17.1 Å². The van der Waals surface area contributed by atoms with E-state index >= 15 is 0 Å². The molecule has 0 aliphatic carbocycles. The topological polar surface area (TPSA) is 84.2 Å². The van der Waals surface area contributed by atoms with Crippen LogP contribution < -0.4 is 14.2 Å². The molecule has 0 fully saturated rings. The summed E-state index contributed by atoms with van der Waals surface area (Å²) in [4.78, 5) is 18.3. The van der Waals surface area contributed by atoms with Crippen LogP contribution >= 0.6 is 0 Å². The van der Waals surface area contributed by atoms with Gasteiger partial charge in [-0.2, -0.15) is 0 Å². The normalized spacial score (nSPS) is 10.9. The van der Waals surface area contributed by atoms with Gasteiger partial charge < -0.3 is 14.2 Å². The van der Waals surface area contributed by atoms with Crippen molar-refractivity contribution in [2.24, 2.45) is 0 Å². The van der Waals surface area contributed by atoms with Crippen LogP contribution in [0.1, 0.15) is 5.69 Å². The fourth-order valence-corrected chi connectivity index (χ4v) is 3.03. The Hall–Kier alpha value is -3.68. The Morgan fingerprint density at radius 2 is 1.54 bits per heavy atom. The van der Waals surface area contributed by atoms with E-state index in [1.165, 1.54) is 0 Å². The number of imidazole rings is 1. The number of pyridine rings is 1. The SMILES string of the molecule is COc1cccc(-c2nc3ncc(C)nc3n2-c2c(OC)cccc2OC)n1. The number of hydrogen-bond donors (Lipinski definition) is 0. The van der Waals surface area contributed by atoms with Crippen molar-refractivity contribution in [1.29, 1.82) is 0 Å². The van der Waals surface area contributed by atoms with Crippen LogP contribution in [0.3, 0.4) is 0 Å². The van der Waals surface area contributed by atoms with E-state index in [2.05, 4.69) is 19.9 Å². The number of fused-ring (bicyclic) bond motifs is 1. The number of aryl methyl sites for hydroxylation is 1. The third kappa shape index (κ3) is 2.88. The second-order valence-corrected chi connectivity index (χ2v) is 6.01. The molecule has 0 aliphatic rings. The number of aromatic nitrogens is 5. The Balaban J connectivity index is 2.11. The fourth-order valence-electron chi connectivity index (χ4n) is 3.03. The van der Waals surface area contributed by atoms with Gasteiger partial charge in [0.2, 0.25) is 5.88 Å². The van der Waals surface area contributed by atoms with Gasteiger partial charge in [-0.25, -0.2) is 19.9 Å². The summed E-state index contributed by atoms with van der Waals surface area (Å²) in [7, 11) is 4.79. The second-order valence-electron chi connectivity index (χ2n) is 6.01. The molecule has 0 unspecified atom stereocenters. The minimum absolute atomic E-state index is 0.486. The van der Waals surface area contributed by atoms with Crippen LogP contribution in [0.25, 0.3) is 28.5 Å². The Kier molecular flexibility index (Phi) is 4.52. The molecule has 8 heteroatoms. The Morgan fingerprint density at radius 1 is 0.821 bits per heavy atom. The Morgan fingerprint density at radius 3 is 2.21 bits per heavy atom. The summed E-state index contributed by atoms with van der Waals surface area (Å²) in [5.74, 6) is 2.28. The zero-order valence-electron chi connectivity index (χ0n) is 16.0. The maximum absolute atomic E-state index is 5.60. The van der Waals surface area contributed by atoms with Gasteiger partial charge in [-0.05, 0) is 25.1 Å². The van der Waals surface area contributed by atoms with Gasteiger partial charge in [0.25, 0.3) is 0 Å². The van der Waals surface area contributed by atoms with Crippen molar-refractivity contribution in [3.8, 4) is 34.6 Å². The van der Waals surface area contributed by atoms with Gasteiger partial charge in [0.1, 0.15) is 22.9 Å². The van der Waals surface area contributed by atoms with E-state index in [1.54, 1.807) is 33.6 Å².